The Morgan fingerprint density at radius 3 is 1.46 bits per heavy atom. The number of pyridine rings is 1. The van der Waals surface area contributed by atoms with Crippen LogP contribution in [0.4, 0.5) is 0 Å². The number of aromatic nitrogens is 1. The topological polar surface area (TPSA) is 39.2 Å². The standard InChI is InChI=1S/C59H39NO2Si/c1-4-20-46(21-5-1)63(47-22-6-2-7-23-47,48-24-8-3-9-25-48)56-33-15-31-54-53-30-14-28-50(58(53)62-59(54)56)45-37-43(36-44(38-45)42-19-16-34-60-39-42)40-17-12-18-41(35-40)49-27-13-29-52-51-26-10-11-32-55(51)61-57(49)52/h1-39H. The number of benzene rings is 9. The summed E-state index contributed by atoms with van der Waals surface area (Å²) in [6.07, 6.45) is 3.77. The minimum absolute atomic E-state index is 0.872. The van der Waals surface area contributed by atoms with E-state index in [4.69, 9.17) is 8.83 Å². The van der Waals surface area contributed by atoms with Crippen molar-refractivity contribution < 1.29 is 8.83 Å². The van der Waals surface area contributed by atoms with Crippen molar-refractivity contribution in [2.45, 2.75) is 0 Å². The van der Waals surface area contributed by atoms with Crippen LogP contribution in [0.5, 0.6) is 0 Å². The zero-order chi connectivity index (χ0) is 41.7. The van der Waals surface area contributed by atoms with Crippen molar-refractivity contribution in [3.8, 4) is 44.5 Å². The van der Waals surface area contributed by atoms with Gasteiger partial charge in [0.2, 0.25) is 0 Å². The van der Waals surface area contributed by atoms with E-state index in [0.717, 1.165) is 88.4 Å². The lowest BCUT2D eigenvalue weighted by molar-refractivity contribution is 0.670. The highest BCUT2D eigenvalue weighted by Crippen LogP contribution is 2.41. The smallest absolute Gasteiger partial charge is 0.184 e. The monoisotopic (exact) mass is 821 g/mol. The molecule has 0 unspecified atom stereocenters. The van der Waals surface area contributed by atoms with Gasteiger partial charge in [0.05, 0.1) is 0 Å². The number of fused-ring (bicyclic) bond motifs is 6. The van der Waals surface area contributed by atoms with Gasteiger partial charge in [0.1, 0.15) is 22.3 Å². The van der Waals surface area contributed by atoms with Crippen molar-refractivity contribution in [2.24, 2.45) is 0 Å². The average Bonchev–Trinajstić information content (AvgIpc) is 3.95. The number of hydrogen-bond donors (Lipinski definition) is 0. The van der Waals surface area contributed by atoms with Crippen LogP contribution in [-0.4, -0.2) is 13.1 Å². The van der Waals surface area contributed by atoms with Crippen LogP contribution in [0.1, 0.15) is 0 Å². The molecule has 63 heavy (non-hydrogen) atoms. The van der Waals surface area contributed by atoms with Crippen LogP contribution in [-0.2, 0) is 0 Å². The molecule has 12 rings (SSSR count). The Hall–Kier alpha value is -8.05. The van der Waals surface area contributed by atoms with Crippen molar-refractivity contribution in [1.29, 1.82) is 0 Å². The molecule has 0 fully saturated rings. The molecule has 0 aliphatic heterocycles. The summed E-state index contributed by atoms with van der Waals surface area (Å²) in [4.78, 5) is 4.53. The zero-order valence-electron chi connectivity index (χ0n) is 34.3. The van der Waals surface area contributed by atoms with Gasteiger partial charge in [0, 0.05) is 50.6 Å². The van der Waals surface area contributed by atoms with E-state index in [-0.39, 0.29) is 0 Å². The number of nitrogens with zero attached hydrogens (tertiary/aromatic N) is 1. The Labute approximate surface area is 366 Å². The summed E-state index contributed by atoms with van der Waals surface area (Å²) in [5.41, 5.74) is 12.2. The Morgan fingerprint density at radius 2 is 0.794 bits per heavy atom. The van der Waals surface area contributed by atoms with Gasteiger partial charge in [-0.3, -0.25) is 4.98 Å². The molecule has 9 aromatic carbocycles. The summed E-state index contributed by atoms with van der Waals surface area (Å²) in [5, 5.41) is 9.60. The Morgan fingerprint density at radius 1 is 0.317 bits per heavy atom. The SMILES string of the molecule is c1ccc([Si](c2ccccc2)(c2ccccc2)c2cccc3c2oc2c(-c4cc(-c5cccnc5)cc(-c5cccc(-c6cccc7c6oc6ccccc67)c5)c4)cccc23)cc1. The summed E-state index contributed by atoms with van der Waals surface area (Å²) in [6, 6.07) is 80.9. The third kappa shape index (κ3) is 6.06. The number of rotatable bonds is 8. The first-order valence-electron chi connectivity index (χ1n) is 21.4. The van der Waals surface area contributed by atoms with Crippen LogP contribution in [0, 0.1) is 0 Å². The molecule has 0 amide bonds. The second-order valence-corrected chi connectivity index (χ2v) is 20.0. The van der Waals surface area contributed by atoms with E-state index in [0.29, 0.717) is 0 Å². The van der Waals surface area contributed by atoms with E-state index < -0.39 is 8.07 Å². The molecule has 0 bridgehead atoms. The van der Waals surface area contributed by atoms with E-state index in [9.17, 15) is 0 Å². The van der Waals surface area contributed by atoms with Crippen LogP contribution in [0.15, 0.2) is 246 Å². The number of hydrogen-bond acceptors (Lipinski definition) is 3. The van der Waals surface area contributed by atoms with Crippen molar-refractivity contribution in [3.63, 3.8) is 0 Å². The summed E-state index contributed by atoms with van der Waals surface area (Å²) >= 11 is 0. The molecule has 0 spiro atoms. The van der Waals surface area contributed by atoms with Crippen LogP contribution < -0.4 is 20.7 Å². The molecule has 0 atom stereocenters. The van der Waals surface area contributed by atoms with Gasteiger partial charge in [-0.25, -0.2) is 0 Å². The van der Waals surface area contributed by atoms with Crippen molar-refractivity contribution in [2.75, 3.05) is 0 Å². The highest BCUT2D eigenvalue weighted by atomic mass is 28.3. The lowest BCUT2D eigenvalue weighted by atomic mass is 9.92. The van der Waals surface area contributed by atoms with Crippen LogP contribution >= 0.6 is 0 Å². The van der Waals surface area contributed by atoms with Gasteiger partial charge in [-0.15, -0.1) is 0 Å². The van der Waals surface area contributed by atoms with Crippen molar-refractivity contribution in [1.82, 2.24) is 4.98 Å². The van der Waals surface area contributed by atoms with Crippen LogP contribution in [0.25, 0.3) is 88.4 Å². The van der Waals surface area contributed by atoms with Gasteiger partial charge < -0.3 is 8.83 Å². The molecule has 3 nitrogen and oxygen atoms in total. The Bertz CT molecular complexity index is 3520. The Kier molecular flexibility index (Phi) is 8.84. The predicted octanol–water partition coefficient (Wildman–Crippen LogP) is 12.9. The molecule has 296 valence electrons. The highest BCUT2D eigenvalue weighted by Gasteiger charge is 2.43. The van der Waals surface area contributed by atoms with E-state index >= 15 is 0 Å². The number of para-hydroxylation sites is 4. The fourth-order valence-electron chi connectivity index (χ4n) is 9.86. The maximum absolute atomic E-state index is 7.39. The minimum atomic E-state index is -2.90. The predicted molar refractivity (Wildman–Crippen MR) is 264 cm³/mol. The molecular weight excluding hydrogens is 783 g/mol. The molecular formula is C59H39NO2Si. The lowest BCUT2D eigenvalue weighted by Crippen LogP contribution is -2.74. The second kappa shape index (κ2) is 15.1. The Balaban J connectivity index is 1.07. The van der Waals surface area contributed by atoms with Crippen molar-refractivity contribution in [3.05, 3.63) is 237 Å². The third-order valence-corrected chi connectivity index (χ3v) is 17.5. The molecule has 0 aliphatic carbocycles. The molecule has 3 heterocycles. The van der Waals surface area contributed by atoms with E-state index in [1.807, 2.05) is 30.6 Å². The van der Waals surface area contributed by atoms with E-state index in [1.165, 1.54) is 20.7 Å². The maximum atomic E-state index is 7.39. The first kappa shape index (κ1) is 36.8. The molecule has 12 aromatic rings. The highest BCUT2D eigenvalue weighted by molar-refractivity contribution is 7.20. The lowest BCUT2D eigenvalue weighted by Gasteiger charge is -2.34. The van der Waals surface area contributed by atoms with Gasteiger partial charge >= 0.3 is 0 Å². The van der Waals surface area contributed by atoms with E-state index in [1.54, 1.807) is 0 Å². The van der Waals surface area contributed by atoms with Gasteiger partial charge in [0.25, 0.3) is 0 Å². The summed E-state index contributed by atoms with van der Waals surface area (Å²) in [6.45, 7) is 0. The summed E-state index contributed by atoms with van der Waals surface area (Å²) < 4.78 is 13.9. The van der Waals surface area contributed by atoms with Crippen LogP contribution in [0.3, 0.4) is 0 Å². The van der Waals surface area contributed by atoms with Gasteiger partial charge in [0.15, 0.2) is 8.07 Å². The fourth-order valence-corrected chi connectivity index (χ4v) is 14.7. The van der Waals surface area contributed by atoms with Crippen LogP contribution in [0.2, 0.25) is 0 Å². The van der Waals surface area contributed by atoms with E-state index in [2.05, 4.69) is 211 Å². The zero-order valence-corrected chi connectivity index (χ0v) is 35.3. The molecule has 4 heteroatoms. The van der Waals surface area contributed by atoms with Crippen molar-refractivity contribution >= 4 is 72.7 Å². The second-order valence-electron chi connectivity index (χ2n) is 16.2. The molecule has 3 aromatic heterocycles. The molecule has 0 saturated heterocycles. The fraction of sp³-hybridized carbons (Fsp3) is 0. The molecule has 0 saturated carbocycles. The summed E-state index contributed by atoms with van der Waals surface area (Å²) in [7, 11) is -2.90. The minimum Gasteiger partial charge on any atom is -0.455 e. The third-order valence-electron chi connectivity index (χ3n) is 12.7. The maximum Gasteiger partial charge on any atom is 0.184 e. The summed E-state index contributed by atoms with van der Waals surface area (Å²) in [5.74, 6) is 0. The first-order chi connectivity index (χ1) is 31.2. The molecule has 0 N–H and O–H groups in total. The van der Waals surface area contributed by atoms with Gasteiger partial charge in [-0.2, -0.15) is 0 Å². The first-order valence-corrected chi connectivity index (χ1v) is 23.4. The normalized spacial score (nSPS) is 11.8. The molecule has 0 radical (unpaired) electrons. The van der Waals surface area contributed by atoms with Gasteiger partial charge in [-0.05, 0) is 85.0 Å². The largest absolute Gasteiger partial charge is 0.455 e. The number of furan rings is 2. The average molecular weight is 822 g/mol. The quantitative estimate of drug-likeness (QED) is 0.113. The van der Waals surface area contributed by atoms with Gasteiger partial charge in [-0.1, -0.05) is 188 Å². The molecule has 0 aliphatic rings.